The molecular weight excluding hydrogens is 360 g/mol. The van der Waals surface area contributed by atoms with Crippen molar-refractivity contribution in [3.63, 3.8) is 0 Å². The Morgan fingerprint density at radius 2 is 1.79 bits per heavy atom. The van der Waals surface area contributed by atoms with Gasteiger partial charge in [-0.3, -0.25) is 24.4 Å². The Bertz CT molecular complexity index is 618. The first-order valence-corrected chi connectivity index (χ1v) is 9.78. The third-order valence-electron chi connectivity index (χ3n) is 4.93. The Morgan fingerprint density at radius 1 is 1.18 bits per heavy atom. The molecule has 1 saturated heterocycles. The van der Waals surface area contributed by atoms with Gasteiger partial charge >= 0.3 is 5.97 Å². The Labute approximate surface area is 166 Å². The fourth-order valence-electron chi connectivity index (χ4n) is 3.23. The van der Waals surface area contributed by atoms with E-state index < -0.39 is 18.0 Å². The molecule has 8 heteroatoms. The molecule has 0 saturated carbocycles. The van der Waals surface area contributed by atoms with Crippen molar-refractivity contribution in [1.82, 2.24) is 20.1 Å². The van der Waals surface area contributed by atoms with Gasteiger partial charge in [0, 0.05) is 51.7 Å². The second-order valence-electron chi connectivity index (χ2n) is 7.63. The summed E-state index contributed by atoms with van der Waals surface area (Å²) in [4.78, 5) is 32.4. The molecular formula is C20H32N4O4. The summed E-state index contributed by atoms with van der Waals surface area (Å²) >= 11 is 0. The number of aliphatic hydroxyl groups excluding tert-OH is 1. The second kappa shape index (κ2) is 11.1. The van der Waals surface area contributed by atoms with Gasteiger partial charge in [-0.15, -0.1) is 0 Å². The zero-order valence-electron chi connectivity index (χ0n) is 17.0. The largest absolute Gasteiger partial charge is 0.469 e. The number of nitrogens with one attached hydrogen (secondary N) is 1. The number of pyridine rings is 1. The molecule has 2 N–H and O–H groups in total. The van der Waals surface area contributed by atoms with Crippen LogP contribution in [0.4, 0.5) is 0 Å². The van der Waals surface area contributed by atoms with E-state index in [1.165, 1.54) is 7.11 Å². The third-order valence-corrected chi connectivity index (χ3v) is 4.93. The van der Waals surface area contributed by atoms with Crippen molar-refractivity contribution >= 4 is 11.9 Å². The summed E-state index contributed by atoms with van der Waals surface area (Å²) in [6.07, 6.45) is 2.24. The Morgan fingerprint density at radius 3 is 2.36 bits per heavy atom. The molecule has 0 aliphatic carbocycles. The van der Waals surface area contributed by atoms with Crippen molar-refractivity contribution in [2.75, 3.05) is 52.9 Å². The number of carbonyl (C=O) groups is 2. The summed E-state index contributed by atoms with van der Waals surface area (Å²) < 4.78 is 4.91. The molecule has 0 bridgehead atoms. The summed E-state index contributed by atoms with van der Waals surface area (Å²) in [6.45, 7) is 8.57. The van der Waals surface area contributed by atoms with Crippen LogP contribution < -0.4 is 5.32 Å². The molecule has 2 unspecified atom stereocenters. The monoisotopic (exact) mass is 392 g/mol. The zero-order valence-corrected chi connectivity index (χ0v) is 17.0. The number of carbonyl (C=O) groups excluding carboxylic acids is 2. The number of piperazine rings is 1. The number of aromatic nitrogens is 1. The molecule has 1 aliphatic rings. The van der Waals surface area contributed by atoms with Crippen LogP contribution in [0.3, 0.4) is 0 Å². The SMILES string of the molecule is COC(=O)C(CN1CCN(CC(=O)NCC(C)C)CC1)C(O)c1ccncc1. The van der Waals surface area contributed by atoms with Gasteiger partial charge in [-0.2, -0.15) is 0 Å². The van der Waals surface area contributed by atoms with Gasteiger partial charge in [0.2, 0.25) is 5.91 Å². The van der Waals surface area contributed by atoms with Gasteiger partial charge in [0.1, 0.15) is 0 Å². The topological polar surface area (TPSA) is 95.0 Å². The van der Waals surface area contributed by atoms with Crippen molar-refractivity contribution in [1.29, 1.82) is 0 Å². The lowest BCUT2D eigenvalue weighted by molar-refractivity contribution is -0.151. The number of hydrogen-bond donors (Lipinski definition) is 2. The van der Waals surface area contributed by atoms with E-state index in [1.807, 2.05) is 0 Å². The molecule has 0 spiro atoms. The number of esters is 1. The number of rotatable bonds is 9. The molecule has 156 valence electrons. The van der Waals surface area contributed by atoms with Crippen LogP contribution >= 0.6 is 0 Å². The van der Waals surface area contributed by atoms with Gasteiger partial charge in [0.05, 0.1) is 25.7 Å². The lowest BCUT2D eigenvalue weighted by atomic mass is 9.95. The van der Waals surface area contributed by atoms with Crippen LogP contribution in [-0.2, 0) is 14.3 Å². The van der Waals surface area contributed by atoms with E-state index in [9.17, 15) is 14.7 Å². The molecule has 1 amide bonds. The molecule has 0 radical (unpaired) electrons. The highest BCUT2D eigenvalue weighted by Crippen LogP contribution is 2.24. The summed E-state index contributed by atoms with van der Waals surface area (Å²) in [7, 11) is 1.34. The quantitative estimate of drug-likeness (QED) is 0.584. The first-order chi connectivity index (χ1) is 13.4. The highest BCUT2D eigenvalue weighted by molar-refractivity contribution is 5.78. The average Bonchev–Trinajstić information content (AvgIpc) is 2.71. The van der Waals surface area contributed by atoms with Gasteiger partial charge in [-0.25, -0.2) is 0 Å². The Kier molecular flexibility index (Phi) is 8.82. The maximum atomic E-state index is 12.2. The Hall–Kier alpha value is -2.03. The number of nitrogens with zero attached hydrogens (tertiary/aromatic N) is 3. The van der Waals surface area contributed by atoms with Crippen LogP contribution in [0.25, 0.3) is 0 Å². The molecule has 1 aliphatic heterocycles. The zero-order chi connectivity index (χ0) is 20.5. The Balaban J connectivity index is 1.86. The highest BCUT2D eigenvalue weighted by atomic mass is 16.5. The van der Waals surface area contributed by atoms with Crippen molar-refractivity contribution < 1.29 is 19.4 Å². The van der Waals surface area contributed by atoms with Gasteiger partial charge in [-0.1, -0.05) is 13.8 Å². The molecule has 1 aromatic rings. The van der Waals surface area contributed by atoms with Crippen molar-refractivity contribution in [3.05, 3.63) is 30.1 Å². The van der Waals surface area contributed by atoms with Crippen molar-refractivity contribution in [2.24, 2.45) is 11.8 Å². The van der Waals surface area contributed by atoms with Crippen molar-refractivity contribution in [2.45, 2.75) is 20.0 Å². The van der Waals surface area contributed by atoms with Crippen LogP contribution in [0.5, 0.6) is 0 Å². The molecule has 0 aromatic carbocycles. The predicted molar refractivity (Wildman–Crippen MR) is 105 cm³/mol. The lowest BCUT2D eigenvalue weighted by Gasteiger charge is -2.36. The first-order valence-electron chi connectivity index (χ1n) is 9.78. The number of aliphatic hydroxyl groups is 1. The maximum Gasteiger partial charge on any atom is 0.312 e. The van der Waals surface area contributed by atoms with Crippen LogP contribution in [0, 0.1) is 11.8 Å². The van der Waals surface area contributed by atoms with E-state index in [4.69, 9.17) is 4.74 Å². The normalized spacial score (nSPS) is 17.9. The van der Waals surface area contributed by atoms with Gasteiger partial charge < -0.3 is 15.2 Å². The third kappa shape index (κ3) is 6.85. The number of hydrogen-bond acceptors (Lipinski definition) is 7. The smallest absolute Gasteiger partial charge is 0.312 e. The molecule has 1 fully saturated rings. The van der Waals surface area contributed by atoms with Crippen LogP contribution in [0.2, 0.25) is 0 Å². The summed E-state index contributed by atoms with van der Waals surface area (Å²) in [5.41, 5.74) is 0.644. The van der Waals surface area contributed by atoms with E-state index in [-0.39, 0.29) is 5.91 Å². The molecule has 8 nitrogen and oxygen atoms in total. The average molecular weight is 393 g/mol. The molecule has 2 atom stereocenters. The maximum absolute atomic E-state index is 12.2. The molecule has 2 heterocycles. The second-order valence-corrected chi connectivity index (χ2v) is 7.63. The van der Waals surface area contributed by atoms with E-state index in [2.05, 4.69) is 33.9 Å². The minimum absolute atomic E-state index is 0.0442. The van der Waals surface area contributed by atoms with Crippen LogP contribution in [0.15, 0.2) is 24.5 Å². The lowest BCUT2D eigenvalue weighted by Crippen LogP contribution is -2.51. The van der Waals surface area contributed by atoms with E-state index in [0.29, 0.717) is 31.1 Å². The predicted octanol–water partition coefficient (Wildman–Crippen LogP) is 0.294. The number of ether oxygens (including phenoxy) is 1. The van der Waals surface area contributed by atoms with Gasteiger partial charge in [0.15, 0.2) is 0 Å². The van der Waals surface area contributed by atoms with Gasteiger partial charge in [0.25, 0.3) is 0 Å². The summed E-state index contributed by atoms with van der Waals surface area (Å²) in [6, 6.07) is 3.41. The van der Waals surface area contributed by atoms with E-state index in [1.54, 1.807) is 24.5 Å². The fraction of sp³-hybridized carbons (Fsp3) is 0.650. The van der Waals surface area contributed by atoms with Crippen LogP contribution in [-0.4, -0.2) is 84.7 Å². The van der Waals surface area contributed by atoms with E-state index in [0.717, 1.165) is 26.2 Å². The molecule has 28 heavy (non-hydrogen) atoms. The highest BCUT2D eigenvalue weighted by Gasteiger charge is 2.32. The van der Waals surface area contributed by atoms with Crippen LogP contribution in [0.1, 0.15) is 25.5 Å². The van der Waals surface area contributed by atoms with Crippen molar-refractivity contribution in [3.8, 4) is 0 Å². The molecule has 2 rings (SSSR count). The first kappa shape index (κ1) is 22.3. The summed E-state index contributed by atoms with van der Waals surface area (Å²) in [5.74, 6) is -0.626. The van der Waals surface area contributed by atoms with E-state index >= 15 is 0 Å². The minimum atomic E-state index is -0.949. The molecule has 1 aromatic heterocycles. The minimum Gasteiger partial charge on any atom is -0.469 e. The standard InChI is InChI=1S/C20H32N4O4/c1-15(2)12-22-18(25)14-24-10-8-23(9-11-24)13-17(20(27)28-3)19(26)16-4-6-21-7-5-16/h4-7,15,17,19,26H,8-14H2,1-3H3,(H,22,25). The number of amides is 1. The number of methoxy groups -OCH3 is 1. The fourth-order valence-corrected chi connectivity index (χ4v) is 3.23. The van der Waals surface area contributed by atoms with Gasteiger partial charge in [-0.05, 0) is 23.6 Å². The summed E-state index contributed by atoms with van der Waals surface area (Å²) in [5, 5.41) is 13.6.